The van der Waals surface area contributed by atoms with Gasteiger partial charge in [0, 0.05) is 38.3 Å². The Morgan fingerprint density at radius 3 is 2.58 bits per heavy atom. The molecule has 0 radical (unpaired) electrons. The van der Waals surface area contributed by atoms with E-state index >= 15 is 0 Å². The monoisotopic (exact) mass is 265 g/mol. The molecule has 2 heterocycles. The minimum Gasteiger partial charge on any atom is -0.468 e. The summed E-state index contributed by atoms with van der Waals surface area (Å²) in [6.07, 6.45) is 2.99. The number of likely N-dealkylation sites (N-methyl/N-ethyl adjacent to an activating group) is 1. The summed E-state index contributed by atoms with van der Waals surface area (Å²) in [6, 6.07) is 2.10. The standard InChI is InChI=1S/C15H27N3O/c1-3-6-16-12-14-5-11-19-15(14)13-18-9-7-17(4-2)8-10-18/h5,11,16H,3-4,6-10,12-13H2,1-2H3. The molecule has 2 rings (SSSR count). The third-order valence-electron chi connectivity index (χ3n) is 3.86. The van der Waals surface area contributed by atoms with E-state index in [1.165, 1.54) is 31.6 Å². The van der Waals surface area contributed by atoms with Crippen molar-refractivity contribution in [3.8, 4) is 0 Å². The quantitative estimate of drug-likeness (QED) is 0.763. The highest BCUT2D eigenvalue weighted by Gasteiger charge is 2.17. The molecule has 4 nitrogen and oxygen atoms in total. The molecule has 0 amide bonds. The summed E-state index contributed by atoms with van der Waals surface area (Å²) < 4.78 is 5.66. The third-order valence-corrected chi connectivity index (χ3v) is 3.86. The van der Waals surface area contributed by atoms with Gasteiger partial charge in [0.25, 0.3) is 0 Å². The Labute approximate surface area is 116 Å². The lowest BCUT2D eigenvalue weighted by Gasteiger charge is -2.33. The first kappa shape index (κ1) is 14.6. The first-order valence-electron chi connectivity index (χ1n) is 7.54. The molecule has 1 aliphatic heterocycles. The van der Waals surface area contributed by atoms with Crippen LogP contribution in [-0.2, 0) is 13.1 Å². The largest absolute Gasteiger partial charge is 0.468 e. The average Bonchev–Trinajstić information content (AvgIpc) is 2.87. The molecule has 0 aromatic carbocycles. The van der Waals surface area contributed by atoms with Crippen molar-refractivity contribution in [2.45, 2.75) is 33.4 Å². The highest BCUT2D eigenvalue weighted by Crippen LogP contribution is 2.14. The second-order valence-corrected chi connectivity index (χ2v) is 5.26. The normalized spacial score (nSPS) is 18.0. The maximum absolute atomic E-state index is 5.66. The molecule has 0 aliphatic carbocycles. The number of hydrogen-bond acceptors (Lipinski definition) is 4. The van der Waals surface area contributed by atoms with Crippen molar-refractivity contribution < 1.29 is 4.42 Å². The minimum absolute atomic E-state index is 0.925. The molecule has 19 heavy (non-hydrogen) atoms. The summed E-state index contributed by atoms with van der Waals surface area (Å²) in [5, 5.41) is 3.44. The van der Waals surface area contributed by atoms with Gasteiger partial charge in [0.1, 0.15) is 5.76 Å². The SMILES string of the molecule is CCCNCc1ccoc1CN1CCN(CC)CC1. The summed E-state index contributed by atoms with van der Waals surface area (Å²) in [5.41, 5.74) is 1.31. The molecular weight excluding hydrogens is 238 g/mol. The van der Waals surface area contributed by atoms with E-state index in [1.807, 2.05) is 6.26 Å². The van der Waals surface area contributed by atoms with Crippen molar-refractivity contribution in [2.24, 2.45) is 0 Å². The second kappa shape index (κ2) is 7.68. The molecule has 108 valence electrons. The van der Waals surface area contributed by atoms with E-state index in [4.69, 9.17) is 4.42 Å². The Balaban J connectivity index is 1.81. The summed E-state index contributed by atoms with van der Waals surface area (Å²) in [5.74, 6) is 1.13. The van der Waals surface area contributed by atoms with Crippen LogP contribution in [-0.4, -0.2) is 49.1 Å². The number of furan rings is 1. The Morgan fingerprint density at radius 2 is 1.89 bits per heavy atom. The van der Waals surface area contributed by atoms with E-state index in [0.717, 1.165) is 38.5 Å². The van der Waals surface area contributed by atoms with Crippen LogP contribution in [0.2, 0.25) is 0 Å². The summed E-state index contributed by atoms with van der Waals surface area (Å²) >= 11 is 0. The lowest BCUT2D eigenvalue weighted by atomic mass is 10.2. The molecule has 0 atom stereocenters. The van der Waals surface area contributed by atoms with Gasteiger partial charge in [-0.15, -0.1) is 0 Å². The fraction of sp³-hybridized carbons (Fsp3) is 0.733. The number of piperazine rings is 1. The summed E-state index contributed by atoms with van der Waals surface area (Å²) in [4.78, 5) is 5.00. The van der Waals surface area contributed by atoms with Gasteiger partial charge in [0.05, 0.1) is 12.8 Å². The van der Waals surface area contributed by atoms with Crippen molar-refractivity contribution in [3.05, 3.63) is 23.7 Å². The maximum Gasteiger partial charge on any atom is 0.122 e. The Hall–Kier alpha value is -0.840. The maximum atomic E-state index is 5.66. The molecule has 1 N–H and O–H groups in total. The first-order valence-corrected chi connectivity index (χ1v) is 7.54. The zero-order chi connectivity index (χ0) is 13.5. The zero-order valence-corrected chi connectivity index (χ0v) is 12.3. The van der Waals surface area contributed by atoms with E-state index in [9.17, 15) is 0 Å². The van der Waals surface area contributed by atoms with Crippen LogP contribution >= 0.6 is 0 Å². The molecule has 0 spiro atoms. The van der Waals surface area contributed by atoms with Crippen molar-refractivity contribution >= 4 is 0 Å². The molecule has 1 aromatic heterocycles. The van der Waals surface area contributed by atoms with Crippen LogP contribution in [0.3, 0.4) is 0 Å². The Morgan fingerprint density at radius 1 is 1.16 bits per heavy atom. The molecule has 0 bridgehead atoms. The van der Waals surface area contributed by atoms with Crippen molar-refractivity contribution in [1.82, 2.24) is 15.1 Å². The van der Waals surface area contributed by atoms with Crippen LogP contribution in [0.4, 0.5) is 0 Å². The van der Waals surface area contributed by atoms with Gasteiger partial charge in [-0.25, -0.2) is 0 Å². The molecule has 1 aliphatic rings. The molecule has 1 saturated heterocycles. The fourth-order valence-corrected chi connectivity index (χ4v) is 2.53. The van der Waals surface area contributed by atoms with Crippen LogP contribution in [0.25, 0.3) is 0 Å². The van der Waals surface area contributed by atoms with Crippen LogP contribution in [0, 0.1) is 0 Å². The fourth-order valence-electron chi connectivity index (χ4n) is 2.53. The van der Waals surface area contributed by atoms with Gasteiger partial charge in [0.15, 0.2) is 0 Å². The smallest absolute Gasteiger partial charge is 0.122 e. The number of nitrogens with zero attached hydrogens (tertiary/aromatic N) is 2. The topological polar surface area (TPSA) is 31.7 Å². The zero-order valence-electron chi connectivity index (χ0n) is 12.3. The van der Waals surface area contributed by atoms with E-state index in [2.05, 4.69) is 35.0 Å². The van der Waals surface area contributed by atoms with E-state index < -0.39 is 0 Å². The van der Waals surface area contributed by atoms with Crippen molar-refractivity contribution in [2.75, 3.05) is 39.3 Å². The van der Waals surface area contributed by atoms with Crippen LogP contribution < -0.4 is 5.32 Å². The van der Waals surface area contributed by atoms with Crippen molar-refractivity contribution in [3.63, 3.8) is 0 Å². The molecule has 1 aromatic rings. The number of nitrogens with one attached hydrogen (secondary N) is 1. The Bertz CT molecular complexity index is 356. The van der Waals surface area contributed by atoms with E-state index in [1.54, 1.807) is 0 Å². The van der Waals surface area contributed by atoms with Crippen LogP contribution in [0.5, 0.6) is 0 Å². The highest BCUT2D eigenvalue weighted by atomic mass is 16.3. The number of rotatable bonds is 7. The predicted molar refractivity (Wildman–Crippen MR) is 78.1 cm³/mol. The van der Waals surface area contributed by atoms with Crippen LogP contribution in [0.1, 0.15) is 31.6 Å². The summed E-state index contributed by atoms with van der Waals surface area (Å²) in [7, 11) is 0. The van der Waals surface area contributed by atoms with Gasteiger partial charge in [-0.05, 0) is 25.6 Å². The molecule has 4 heteroatoms. The molecule has 1 fully saturated rings. The van der Waals surface area contributed by atoms with Gasteiger partial charge < -0.3 is 14.6 Å². The minimum atomic E-state index is 0.925. The number of hydrogen-bond donors (Lipinski definition) is 1. The van der Waals surface area contributed by atoms with Crippen molar-refractivity contribution in [1.29, 1.82) is 0 Å². The van der Waals surface area contributed by atoms with Crippen LogP contribution in [0.15, 0.2) is 16.7 Å². The highest BCUT2D eigenvalue weighted by molar-refractivity contribution is 5.16. The molecular formula is C15H27N3O. The third kappa shape index (κ3) is 4.34. The van der Waals surface area contributed by atoms with E-state index in [-0.39, 0.29) is 0 Å². The van der Waals surface area contributed by atoms with Gasteiger partial charge in [0.2, 0.25) is 0 Å². The lowest BCUT2D eigenvalue weighted by molar-refractivity contribution is 0.125. The van der Waals surface area contributed by atoms with Gasteiger partial charge in [-0.2, -0.15) is 0 Å². The van der Waals surface area contributed by atoms with E-state index in [0.29, 0.717) is 0 Å². The first-order chi connectivity index (χ1) is 9.33. The average molecular weight is 265 g/mol. The molecule has 0 saturated carbocycles. The lowest BCUT2D eigenvalue weighted by Crippen LogP contribution is -2.45. The predicted octanol–water partition coefficient (Wildman–Crippen LogP) is 1.92. The molecule has 0 unspecified atom stereocenters. The van der Waals surface area contributed by atoms with Gasteiger partial charge in [-0.3, -0.25) is 4.90 Å². The summed E-state index contributed by atoms with van der Waals surface area (Å²) in [6.45, 7) is 13.2. The Kier molecular flexibility index (Phi) is 5.89. The second-order valence-electron chi connectivity index (χ2n) is 5.26. The van der Waals surface area contributed by atoms with Gasteiger partial charge >= 0.3 is 0 Å². The van der Waals surface area contributed by atoms with Gasteiger partial charge in [-0.1, -0.05) is 13.8 Å².